The molecule has 2 N–H and O–H groups in total. The summed E-state index contributed by atoms with van der Waals surface area (Å²) in [5.74, 6) is 0.315. The van der Waals surface area contributed by atoms with E-state index in [0.29, 0.717) is 17.4 Å². The highest BCUT2D eigenvalue weighted by Gasteiger charge is 2.29. The molecule has 0 amide bonds. The van der Waals surface area contributed by atoms with Gasteiger partial charge in [-0.15, -0.1) is 0 Å². The van der Waals surface area contributed by atoms with Gasteiger partial charge in [0.15, 0.2) is 0 Å². The van der Waals surface area contributed by atoms with Crippen molar-refractivity contribution in [3.05, 3.63) is 29.8 Å². The molecule has 21 heavy (non-hydrogen) atoms. The van der Waals surface area contributed by atoms with Crippen molar-refractivity contribution in [2.75, 3.05) is 27.2 Å². The molecule has 1 saturated heterocycles. The second-order valence-corrected chi connectivity index (χ2v) is 7.58. The highest BCUT2D eigenvalue weighted by molar-refractivity contribution is 7.89. The number of rotatable bonds is 5. The Morgan fingerprint density at radius 2 is 2.05 bits per heavy atom. The first-order chi connectivity index (χ1) is 9.94. The molecule has 0 aromatic heterocycles. The molecule has 1 aliphatic heterocycles. The van der Waals surface area contributed by atoms with E-state index in [9.17, 15) is 8.42 Å². The molecule has 0 aliphatic carbocycles. The number of piperidine rings is 1. The minimum absolute atomic E-state index is 0.00819. The second-order valence-electron chi connectivity index (χ2n) is 5.89. The first kappa shape index (κ1) is 16.4. The van der Waals surface area contributed by atoms with Gasteiger partial charge < -0.3 is 10.2 Å². The Kier molecular flexibility index (Phi) is 5.37. The third-order valence-corrected chi connectivity index (χ3v) is 5.63. The Bertz CT molecular complexity index is 574. The minimum Gasteiger partial charge on any atom is -0.316 e. The molecule has 1 aliphatic rings. The maximum absolute atomic E-state index is 12.7. The van der Waals surface area contributed by atoms with E-state index in [1.807, 2.05) is 19.2 Å². The molecule has 0 radical (unpaired) electrons. The summed E-state index contributed by atoms with van der Waals surface area (Å²) >= 11 is 0. The molecule has 2 atom stereocenters. The molecule has 1 fully saturated rings. The van der Waals surface area contributed by atoms with E-state index >= 15 is 0 Å². The minimum atomic E-state index is -3.47. The maximum Gasteiger partial charge on any atom is 0.241 e. The van der Waals surface area contributed by atoms with Crippen molar-refractivity contribution in [2.45, 2.75) is 30.8 Å². The molecule has 1 heterocycles. The van der Waals surface area contributed by atoms with Gasteiger partial charge in [0.2, 0.25) is 10.0 Å². The first-order valence-electron chi connectivity index (χ1n) is 7.37. The van der Waals surface area contributed by atoms with E-state index in [1.165, 1.54) is 0 Å². The Morgan fingerprint density at radius 1 is 1.33 bits per heavy atom. The Balaban J connectivity index is 2.19. The van der Waals surface area contributed by atoms with Crippen molar-refractivity contribution in [3.63, 3.8) is 0 Å². The van der Waals surface area contributed by atoms with Gasteiger partial charge in [-0.3, -0.25) is 0 Å². The van der Waals surface area contributed by atoms with Gasteiger partial charge in [0.1, 0.15) is 0 Å². The standard InChI is InChI=1S/C15H25N3O2S/c1-12-11-18(3)9-8-14(12)17-21(19,20)15-7-5-4-6-13(15)10-16-2/h4-7,12,14,16-17H,8-11H2,1-3H3. The van der Waals surface area contributed by atoms with Crippen LogP contribution in [0, 0.1) is 5.92 Å². The molecule has 2 rings (SSSR count). The highest BCUT2D eigenvalue weighted by Crippen LogP contribution is 2.20. The molecular formula is C15H25N3O2S. The molecule has 6 heteroatoms. The van der Waals surface area contributed by atoms with Gasteiger partial charge in [-0.05, 0) is 44.6 Å². The van der Waals surface area contributed by atoms with Gasteiger partial charge in [0, 0.05) is 19.1 Å². The summed E-state index contributed by atoms with van der Waals surface area (Å²) in [5.41, 5.74) is 0.799. The zero-order chi connectivity index (χ0) is 15.5. The Hall–Kier alpha value is -0.950. The number of likely N-dealkylation sites (tertiary alicyclic amines) is 1. The number of hydrogen-bond acceptors (Lipinski definition) is 4. The Morgan fingerprint density at radius 3 is 2.71 bits per heavy atom. The van der Waals surface area contributed by atoms with Crippen LogP contribution in [0.1, 0.15) is 18.9 Å². The average Bonchev–Trinajstić information content (AvgIpc) is 2.43. The highest BCUT2D eigenvalue weighted by atomic mass is 32.2. The van der Waals surface area contributed by atoms with Crippen molar-refractivity contribution in [2.24, 2.45) is 5.92 Å². The lowest BCUT2D eigenvalue weighted by molar-refractivity contribution is 0.188. The van der Waals surface area contributed by atoms with E-state index in [0.717, 1.165) is 25.1 Å². The molecular weight excluding hydrogens is 286 g/mol. The lowest BCUT2D eigenvalue weighted by Crippen LogP contribution is -2.48. The predicted molar refractivity (Wildman–Crippen MR) is 84.6 cm³/mol. The fourth-order valence-corrected chi connectivity index (χ4v) is 4.51. The van der Waals surface area contributed by atoms with Crippen LogP contribution in [0.5, 0.6) is 0 Å². The fraction of sp³-hybridized carbons (Fsp3) is 0.600. The molecule has 0 saturated carbocycles. The van der Waals surface area contributed by atoms with Gasteiger partial charge in [0.25, 0.3) is 0 Å². The zero-order valence-electron chi connectivity index (χ0n) is 13.0. The van der Waals surface area contributed by atoms with E-state index < -0.39 is 10.0 Å². The molecule has 1 aromatic carbocycles. The molecule has 5 nitrogen and oxygen atoms in total. The summed E-state index contributed by atoms with van der Waals surface area (Å²) in [4.78, 5) is 2.62. The third kappa shape index (κ3) is 4.03. The number of hydrogen-bond donors (Lipinski definition) is 2. The van der Waals surface area contributed by atoms with Crippen LogP contribution in [0.2, 0.25) is 0 Å². The van der Waals surface area contributed by atoms with E-state index in [1.54, 1.807) is 12.1 Å². The number of sulfonamides is 1. The van der Waals surface area contributed by atoms with Crippen LogP contribution in [0.15, 0.2) is 29.2 Å². The van der Waals surface area contributed by atoms with Crippen LogP contribution < -0.4 is 10.0 Å². The number of nitrogens with one attached hydrogen (secondary N) is 2. The summed E-state index contributed by atoms with van der Waals surface area (Å²) < 4.78 is 28.2. The summed E-state index contributed by atoms with van der Waals surface area (Å²) in [6.45, 7) is 4.49. The topological polar surface area (TPSA) is 61.4 Å². The van der Waals surface area contributed by atoms with Gasteiger partial charge in [0.05, 0.1) is 4.90 Å². The van der Waals surface area contributed by atoms with Crippen molar-refractivity contribution in [1.29, 1.82) is 0 Å². The molecule has 0 bridgehead atoms. The maximum atomic E-state index is 12.7. The van der Waals surface area contributed by atoms with Crippen molar-refractivity contribution >= 4 is 10.0 Å². The van der Waals surface area contributed by atoms with Crippen LogP contribution in [-0.4, -0.2) is 46.5 Å². The molecule has 0 spiro atoms. The van der Waals surface area contributed by atoms with E-state index in [-0.39, 0.29) is 6.04 Å². The van der Waals surface area contributed by atoms with Crippen LogP contribution in [-0.2, 0) is 16.6 Å². The lowest BCUT2D eigenvalue weighted by atomic mass is 9.95. The second kappa shape index (κ2) is 6.87. The van der Waals surface area contributed by atoms with Gasteiger partial charge >= 0.3 is 0 Å². The molecule has 118 valence electrons. The van der Waals surface area contributed by atoms with Crippen LogP contribution in [0.25, 0.3) is 0 Å². The summed E-state index contributed by atoms with van der Waals surface area (Å²) in [6, 6.07) is 7.17. The van der Waals surface area contributed by atoms with Gasteiger partial charge in [-0.25, -0.2) is 13.1 Å². The fourth-order valence-electron chi connectivity index (χ4n) is 2.89. The summed E-state index contributed by atoms with van der Waals surface area (Å²) in [5, 5.41) is 3.02. The zero-order valence-corrected chi connectivity index (χ0v) is 13.8. The predicted octanol–water partition coefficient (Wildman–Crippen LogP) is 1.02. The van der Waals surface area contributed by atoms with Crippen LogP contribution in [0.3, 0.4) is 0 Å². The number of nitrogens with zero attached hydrogens (tertiary/aromatic N) is 1. The third-order valence-electron chi connectivity index (χ3n) is 4.04. The van der Waals surface area contributed by atoms with Crippen LogP contribution in [0.4, 0.5) is 0 Å². The number of benzene rings is 1. The lowest BCUT2D eigenvalue weighted by Gasteiger charge is -2.35. The normalized spacial score (nSPS) is 24.1. The average molecular weight is 311 g/mol. The van der Waals surface area contributed by atoms with E-state index in [4.69, 9.17) is 0 Å². The summed E-state index contributed by atoms with van der Waals surface area (Å²) in [7, 11) is 0.417. The van der Waals surface area contributed by atoms with Gasteiger partial charge in [-0.2, -0.15) is 0 Å². The summed E-state index contributed by atoms with van der Waals surface area (Å²) in [6.07, 6.45) is 0.852. The Labute approximate surface area is 127 Å². The van der Waals surface area contributed by atoms with Crippen molar-refractivity contribution in [3.8, 4) is 0 Å². The van der Waals surface area contributed by atoms with Crippen LogP contribution >= 0.6 is 0 Å². The first-order valence-corrected chi connectivity index (χ1v) is 8.85. The SMILES string of the molecule is CNCc1ccccc1S(=O)(=O)NC1CCN(C)CC1C. The largest absolute Gasteiger partial charge is 0.316 e. The van der Waals surface area contributed by atoms with E-state index in [2.05, 4.69) is 28.9 Å². The monoisotopic (exact) mass is 311 g/mol. The molecule has 1 aromatic rings. The smallest absolute Gasteiger partial charge is 0.241 e. The van der Waals surface area contributed by atoms with Gasteiger partial charge in [-0.1, -0.05) is 25.1 Å². The van der Waals surface area contributed by atoms with Crippen molar-refractivity contribution in [1.82, 2.24) is 14.9 Å². The van der Waals surface area contributed by atoms with Crippen molar-refractivity contribution < 1.29 is 8.42 Å². The quantitative estimate of drug-likeness (QED) is 0.852. The molecule has 2 unspecified atom stereocenters.